The Morgan fingerprint density at radius 3 is 1.82 bits per heavy atom. The Balaban J connectivity index is 2.07. The molecule has 1 heterocycles. The molecule has 22 heavy (non-hydrogen) atoms. The highest BCUT2D eigenvalue weighted by atomic mass is 15.0. The molecular weight excluding hydrogens is 268 g/mol. The van der Waals surface area contributed by atoms with Gasteiger partial charge in [0.05, 0.1) is 6.34 Å². The first-order valence-corrected chi connectivity index (χ1v) is 7.42. The first kappa shape index (κ1) is 12.8. The number of aliphatic imine (C=N–C) groups is 1. The lowest BCUT2D eigenvalue weighted by Gasteiger charge is -2.35. The third-order valence-electron chi connectivity index (χ3n) is 4.18. The van der Waals surface area contributed by atoms with Crippen molar-refractivity contribution in [2.45, 2.75) is 5.54 Å². The van der Waals surface area contributed by atoms with Gasteiger partial charge in [-0.2, -0.15) is 0 Å². The molecule has 0 aromatic heterocycles. The Morgan fingerprint density at radius 1 is 0.636 bits per heavy atom. The number of anilines is 1. The standard InChI is InChI=1S/C20H16N2/c1-3-9-16(10-4-1)20(17-11-5-2-6-12-17)18-13-7-8-14-19(18)21-15-22-20/h1-15H,(H,21,22). The fourth-order valence-corrected chi connectivity index (χ4v) is 3.18. The van der Waals surface area contributed by atoms with Crippen molar-refractivity contribution in [3.63, 3.8) is 0 Å². The average molecular weight is 284 g/mol. The van der Waals surface area contributed by atoms with E-state index in [2.05, 4.69) is 72.0 Å². The smallest absolute Gasteiger partial charge is 0.139 e. The zero-order chi connectivity index (χ0) is 14.8. The number of nitrogens with zero attached hydrogens (tertiary/aromatic N) is 1. The lowest BCUT2D eigenvalue weighted by Crippen LogP contribution is -2.31. The molecule has 2 nitrogen and oxygen atoms in total. The van der Waals surface area contributed by atoms with Crippen molar-refractivity contribution >= 4 is 12.0 Å². The summed E-state index contributed by atoms with van der Waals surface area (Å²) < 4.78 is 0. The van der Waals surface area contributed by atoms with Gasteiger partial charge in [0.25, 0.3) is 0 Å². The Morgan fingerprint density at radius 2 is 1.18 bits per heavy atom. The van der Waals surface area contributed by atoms with E-state index in [0.29, 0.717) is 0 Å². The number of para-hydroxylation sites is 1. The van der Waals surface area contributed by atoms with Gasteiger partial charge in [-0.3, -0.25) is 4.99 Å². The lowest BCUT2D eigenvalue weighted by molar-refractivity contribution is 0.656. The molecule has 0 saturated heterocycles. The maximum Gasteiger partial charge on any atom is 0.139 e. The second-order valence-corrected chi connectivity index (χ2v) is 5.39. The molecule has 3 aromatic carbocycles. The van der Waals surface area contributed by atoms with E-state index in [1.807, 2.05) is 24.5 Å². The van der Waals surface area contributed by atoms with Crippen LogP contribution >= 0.6 is 0 Å². The Bertz CT molecular complexity index is 768. The molecule has 106 valence electrons. The first-order valence-electron chi connectivity index (χ1n) is 7.42. The Labute approximate surface area is 130 Å². The van der Waals surface area contributed by atoms with Gasteiger partial charge in [0.1, 0.15) is 5.54 Å². The van der Waals surface area contributed by atoms with Gasteiger partial charge in [-0.25, -0.2) is 0 Å². The van der Waals surface area contributed by atoms with Crippen molar-refractivity contribution in [3.8, 4) is 0 Å². The van der Waals surface area contributed by atoms with Gasteiger partial charge >= 0.3 is 0 Å². The number of fused-ring (bicyclic) bond motifs is 1. The van der Waals surface area contributed by atoms with Crippen LogP contribution in [0.5, 0.6) is 0 Å². The van der Waals surface area contributed by atoms with Crippen molar-refractivity contribution in [1.29, 1.82) is 0 Å². The van der Waals surface area contributed by atoms with Gasteiger partial charge in [-0.1, -0.05) is 78.9 Å². The fraction of sp³-hybridized carbons (Fsp3) is 0.0500. The summed E-state index contributed by atoms with van der Waals surface area (Å²) in [6.45, 7) is 0. The Kier molecular flexibility index (Phi) is 3.01. The van der Waals surface area contributed by atoms with Gasteiger partial charge in [0.2, 0.25) is 0 Å². The van der Waals surface area contributed by atoms with Gasteiger partial charge < -0.3 is 5.32 Å². The van der Waals surface area contributed by atoms with E-state index in [1.165, 1.54) is 16.7 Å². The minimum Gasteiger partial charge on any atom is -0.346 e. The minimum absolute atomic E-state index is 0.496. The number of benzene rings is 3. The van der Waals surface area contributed by atoms with Crippen molar-refractivity contribution in [2.24, 2.45) is 4.99 Å². The maximum absolute atomic E-state index is 4.91. The predicted octanol–water partition coefficient (Wildman–Crippen LogP) is 4.43. The highest BCUT2D eigenvalue weighted by Crippen LogP contribution is 2.44. The second-order valence-electron chi connectivity index (χ2n) is 5.39. The van der Waals surface area contributed by atoms with Crippen LogP contribution in [0.1, 0.15) is 16.7 Å². The topological polar surface area (TPSA) is 24.4 Å². The van der Waals surface area contributed by atoms with Crippen molar-refractivity contribution in [3.05, 3.63) is 102 Å². The van der Waals surface area contributed by atoms with E-state index < -0.39 is 5.54 Å². The molecule has 1 aliphatic rings. The van der Waals surface area contributed by atoms with E-state index in [-0.39, 0.29) is 0 Å². The Hall–Kier alpha value is -2.87. The second kappa shape index (κ2) is 5.15. The molecule has 0 unspecified atom stereocenters. The summed E-state index contributed by atoms with van der Waals surface area (Å²) in [4.78, 5) is 4.91. The monoisotopic (exact) mass is 284 g/mol. The van der Waals surface area contributed by atoms with Gasteiger partial charge in [-0.05, 0) is 17.2 Å². The van der Waals surface area contributed by atoms with Crippen LogP contribution in [0.4, 0.5) is 5.69 Å². The molecule has 0 radical (unpaired) electrons. The van der Waals surface area contributed by atoms with Crippen LogP contribution < -0.4 is 5.32 Å². The third-order valence-corrected chi connectivity index (χ3v) is 4.18. The minimum atomic E-state index is -0.496. The van der Waals surface area contributed by atoms with E-state index in [4.69, 9.17) is 4.99 Å². The quantitative estimate of drug-likeness (QED) is 0.739. The molecule has 1 aliphatic heterocycles. The summed E-state index contributed by atoms with van der Waals surface area (Å²) in [6, 6.07) is 29.3. The maximum atomic E-state index is 4.91. The van der Waals surface area contributed by atoms with Crippen LogP contribution in [-0.4, -0.2) is 6.34 Å². The van der Waals surface area contributed by atoms with E-state index in [1.54, 1.807) is 0 Å². The number of hydrogen-bond acceptors (Lipinski definition) is 2. The van der Waals surface area contributed by atoms with Gasteiger partial charge in [0, 0.05) is 11.3 Å². The number of rotatable bonds is 2. The van der Waals surface area contributed by atoms with E-state index in [0.717, 1.165) is 5.69 Å². The molecule has 0 spiro atoms. The summed E-state index contributed by atoms with van der Waals surface area (Å²) >= 11 is 0. The zero-order valence-corrected chi connectivity index (χ0v) is 12.1. The predicted molar refractivity (Wildman–Crippen MR) is 91.3 cm³/mol. The molecule has 1 N–H and O–H groups in total. The molecule has 0 aliphatic carbocycles. The molecular formula is C20H16N2. The summed E-state index contributed by atoms with van der Waals surface area (Å²) in [7, 11) is 0. The molecule has 0 atom stereocenters. The molecule has 4 rings (SSSR count). The van der Waals surface area contributed by atoms with E-state index >= 15 is 0 Å². The van der Waals surface area contributed by atoms with Crippen LogP contribution in [0.3, 0.4) is 0 Å². The molecule has 3 aromatic rings. The average Bonchev–Trinajstić information content (AvgIpc) is 2.63. The zero-order valence-electron chi connectivity index (χ0n) is 12.1. The first-order chi connectivity index (χ1) is 10.9. The SMILES string of the molecule is C1=NC(c2ccccc2)(c2ccccc2)c2ccccc2N1. The fourth-order valence-electron chi connectivity index (χ4n) is 3.18. The van der Waals surface area contributed by atoms with Gasteiger partial charge in [-0.15, -0.1) is 0 Å². The van der Waals surface area contributed by atoms with Crippen LogP contribution in [0, 0.1) is 0 Å². The molecule has 0 saturated carbocycles. The van der Waals surface area contributed by atoms with Crippen LogP contribution in [-0.2, 0) is 5.54 Å². The van der Waals surface area contributed by atoms with Crippen molar-refractivity contribution in [1.82, 2.24) is 0 Å². The lowest BCUT2D eigenvalue weighted by atomic mass is 9.76. The van der Waals surface area contributed by atoms with Gasteiger partial charge in [0.15, 0.2) is 0 Å². The van der Waals surface area contributed by atoms with Crippen LogP contribution in [0.2, 0.25) is 0 Å². The number of nitrogens with one attached hydrogen (secondary N) is 1. The summed E-state index contributed by atoms with van der Waals surface area (Å²) in [5.74, 6) is 0. The highest BCUT2D eigenvalue weighted by molar-refractivity contribution is 5.83. The molecule has 2 heteroatoms. The number of hydrogen-bond donors (Lipinski definition) is 1. The summed E-state index contributed by atoms with van der Waals surface area (Å²) in [5, 5.41) is 3.27. The van der Waals surface area contributed by atoms with Crippen molar-refractivity contribution < 1.29 is 0 Å². The van der Waals surface area contributed by atoms with Crippen molar-refractivity contribution in [2.75, 3.05) is 5.32 Å². The van der Waals surface area contributed by atoms with E-state index in [9.17, 15) is 0 Å². The summed E-state index contributed by atoms with van der Waals surface area (Å²) in [5.41, 5.74) is 4.13. The molecule has 0 fully saturated rings. The molecule has 0 bridgehead atoms. The molecule has 0 amide bonds. The van der Waals surface area contributed by atoms with Crippen LogP contribution in [0.15, 0.2) is 89.9 Å². The largest absolute Gasteiger partial charge is 0.346 e. The highest BCUT2D eigenvalue weighted by Gasteiger charge is 2.38. The van der Waals surface area contributed by atoms with Crippen LogP contribution in [0.25, 0.3) is 0 Å². The third kappa shape index (κ3) is 1.85. The summed E-state index contributed by atoms with van der Waals surface area (Å²) in [6.07, 6.45) is 1.81. The normalized spacial score (nSPS) is 14.9.